The Labute approximate surface area is 121 Å². The fraction of sp³-hybridized carbons (Fsp3) is 0.333. The highest BCUT2D eigenvalue weighted by Gasteiger charge is 2.47. The standard InChI is InChI=1S/C18H22N2/c1-20(2)17(18(19)12-13-18)16-10-8-15(9-11-16)14-6-4-3-5-7-14/h3-11,17H,12-13,19H2,1-2H3. The molecule has 104 valence electrons. The molecule has 0 bridgehead atoms. The van der Waals surface area contributed by atoms with Gasteiger partial charge in [0.25, 0.3) is 0 Å². The summed E-state index contributed by atoms with van der Waals surface area (Å²) in [5.41, 5.74) is 10.2. The molecule has 20 heavy (non-hydrogen) atoms. The predicted molar refractivity (Wildman–Crippen MR) is 84.5 cm³/mol. The van der Waals surface area contributed by atoms with Crippen LogP contribution in [0.15, 0.2) is 54.6 Å². The van der Waals surface area contributed by atoms with E-state index in [-0.39, 0.29) is 5.54 Å². The Hall–Kier alpha value is -1.64. The molecule has 3 rings (SSSR count). The lowest BCUT2D eigenvalue weighted by Crippen LogP contribution is -2.39. The van der Waals surface area contributed by atoms with Crippen LogP contribution in [0.5, 0.6) is 0 Å². The Morgan fingerprint density at radius 2 is 1.45 bits per heavy atom. The molecule has 2 N–H and O–H groups in total. The van der Waals surface area contributed by atoms with Crippen molar-refractivity contribution < 1.29 is 0 Å². The molecule has 2 nitrogen and oxygen atoms in total. The zero-order valence-electron chi connectivity index (χ0n) is 12.2. The van der Waals surface area contributed by atoms with Gasteiger partial charge in [0, 0.05) is 5.54 Å². The van der Waals surface area contributed by atoms with Gasteiger partial charge in [0.2, 0.25) is 0 Å². The van der Waals surface area contributed by atoms with Crippen LogP contribution in [0.2, 0.25) is 0 Å². The van der Waals surface area contributed by atoms with E-state index in [9.17, 15) is 0 Å². The zero-order valence-corrected chi connectivity index (χ0v) is 12.2. The summed E-state index contributed by atoms with van der Waals surface area (Å²) < 4.78 is 0. The molecule has 1 aliphatic carbocycles. The molecule has 1 atom stereocenters. The van der Waals surface area contributed by atoms with Crippen LogP contribution < -0.4 is 5.73 Å². The quantitative estimate of drug-likeness (QED) is 0.918. The number of hydrogen-bond donors (Lipinski definition) is 1. The summed E-state index contributed by atoms with van der Waals surface area (Å²) in [4.78, 5) is 2.24. The summed E-state index contributed by atoms with van der Waals surface area (Å²) in [7, 11) is 4.23. The van der Waals surface area contributed by atoms with Gasteiger partial charge in [0.1, 0.15) is 0 Å². The highest BCUT2D eigenvalue weighted by atomic mass is 15.1. The Kier molecular flexibility index (Phi) is 3.36. The van der Waals surface area contributed by atoms with E-state index >= 15 is 0 Å². The first-order chi connectivity index (χ1) is 9.60. The Balaban J connectivity index is 1.89. The number of benzene rings is 2. The van der Waals surface area contributed by atoms with Gasteiger partial charge in [-0.25, -0.2) is 0 Å². The van der Waals surface area contributed by atoms with E-state index < -0.39 is 0 Å². The molecule has 0 amide bonds. The summed E-state index contributed by atoms with van der Waals surface area (Å²) in [5, 5.41) is 0. The maximum absolute atomic E-state index is 6.43. The number of nitrogens with two attached hydrogens (primary N) is 1. The Bertz CT molecular complexity index is 568. The van der Waals surface area contributed by atoms with Crippen molar-refractivity contribution in [3.05, 3.63) is 60.2 Å². The van der Waals surface area contributed by atoms with Gasteiger partial charge in [-0.15, -0.1) is 0 Å². The normalized spacial score (nSPS) is 18.0. The van der Waals surface area contributed by atoms with Crippen molar-refractivity contribution in [2.75, 3.05) is 14.1 Å². The zero-order chi connectivity index (χ0) is 14.2. The minimum absolute atomic E-state index is 0.0300. The van der Waals surface area contributed by atoms with E-state index in [4.69, 9.17) is 5.73 Å². The molecular weight excluding hydrogens is 244 g/mol. The van der Waals surface area contributed by atoms with E-state index in [1.807, 2.05) is 6.07 Å². The first kappa shape index (κ1) is 13.3. The molecular formula is C18H22N2. The summed E-state index contributed by atoms with van der Waals surface area (Å²) in [6, 6.07) is 19.6. The first-order valence-electron chi connectivity index (χ1n) is 7.21. The second-order valence-corrected chi connectivity index (χ2v) is 6.09. The monoisotopic (exact) mass is 266 g/mol. The van der Waals surface area contributed by atoms with Gasteiger partial charge in [-0.3, -0.25) is 0 Å². The van der Waals surface area contributed by atoms with E-state index in [0.29, 0.717) is 6.04 Å². The van der Waals surface area contributed by atoms with Crippen molar-refractivity contribution in [1.82, 2.24) is 4.90 Å². The molecule has 0 spiro atoms. The van der Waals surface area contributed by atoms with Crippen LogP contribution in [0.1, 0.15) is 24.4 Å². The molecule has 0 radical (unpaired) electrons. The van der Waals surface area contributed by atoms with Gasteiger partial charge in [0.15, 0.2) is 0 Å². The van der Waals surface area contributed by atoms with Crippen LogP contribution in [0.25, 0.3) is 11.1 Å². The highest BCUT2D eigenvalue weighted by Crippen LogP contribution is 2.46. The summed E-state index contributed by atoms with van der Waals surface area (Å²) >= 11 is 0. The first-order valence-corrected chi connectivity index (χ1v) is 7.21. The average molecular weight is 266 g/mol. The second kappa shape index (κ2) is 5.04. The minimum atomic E-state index is -0.0300. The third-order valence-electron chi connectivity index (χ3n) is 4.22. The van der Waals surface area contributed by atoms with Crippen LogP contribution in [-0.4, -0.2) is 24.5 Å². The van der Waals surface area contributed by atoms with Crippen LogP contribution in [0.4, 0.5) is 0 Å². The van der Waals surface area contributed by atoms with Gasteiger partial charge >= 0.3 is 0 Å². The molecule has 0 aromatic heterocycles. The topological polar surface area (TPSA) is 29.3 Å². The third kappa shape index (κ3) is 2.49. The van der Waals surface area contributed by atoms with Gasteiger partial charge in [-0.05, 0) is 43.6 Å². The fourth-order valence-corrected chi connectivity index (χ4v) is 3.05. The van der Waals surface area contributed by atoms with Crippen molar-refractivity contribution in [3.8, 4) is 11.1 Å². The van der Waals surface area contributed by atoms with Crippen molar-refractivity contribution in [1.29, 1.82) is 0 Å². The van der Waals surface area contributed by atoms with E-state index in [1.54, 1.807) is 0 Å². The SMILES string of the molecule is CN(C)C(c1ccc(-c2ccccc2)cc1)C1(N)CC1. The summed E-state index contributed by atoms with van der Waals surface area (Å²) in [5.74, 6) is 0. The molecule has 2 heteroatoms. The van der Waals surface area contributed by atoms with E-state index in [1.165, 1.54) is 16.7 Å². The fourth-order valence-electron chi connectivity index (χ4n) is 3.05. The smallest absolute Gasteiger partial charge is 0.0523 e. The maximum Gasteiger partial charge on any atom is 0.0523 e. The molecule has 1 fully saturated rings. The lowest BCUT2D eigenvalue weighted by atomic mass is 9.94. The summed E-state index contributed by atoms with van der Waals surface area (Å²) in [6.45, 7) is 0. The molecule has 2 aromatic rings. The molecule has 1 saturated carbocycles. The van der Waals surface area contributed by atoms with Crippen molar-refractivity contribution in [3.63, 3.8) is 0 Å². The molecule has 0 saturated heterocycles. The molecule has 1 aliphatic rings. The van der Waals surface area contributed by atoms with Crippen LogP contribution in [-0.2, 0) is 0 Å². The second-order valence-electron chi connectivity index (χ2n) is 6.09. The third-order valence-corrected chi connectivity index (χ3v) is 4.22. The predicted octanol–water partition coefficient (Wildman–Crippen LogP) is 3.45. The van der Waals surface area contributed by atoms with Crippen LogP contribution >= 0.6 is 0 Å². The van der Waals surface area contributed by atoms with Gasteiger partial charge < -0.3 is 10.6 Å². The Morgan fingerprint density at radius 1 is 0.900 bits per heavy atom. The number of rotatable bonds is 4. The number of likely N-dealkylation sites (N-methyl/N-ethyl adjacent to an activating group) is 1. The number of hydrogen-bond acceptors (Lipinski definition) is 2. The van der Waals surface area contributed by atoms with Crippen LogP contribution in [0.3, 0.4) is 0 Å². The lowest BCUT2D eigenvalue weighted by Gasteiger charge is -2.30. The maximum atomic E-state index is 6.43. The highest BCUT2D eigenvalue weighted by molar-refractivity contribution is 5.63. The van der Waals surface area contributed by atoms with Crippen molar-refractivity contribution in [2.45, 2.75) is 24.4 Å². The van der Waals surface area contributed by atoms with Gasteiger partial charge in [-0.2, -0.15) is 0 Å². The molecule has 1 unspecified atom stereocenters. The Morgan fingerprint density at radius 3 is 1.95 bits per heavy atom. The van der Waals surface area contributed by atoms with Crippen molar-refractivity contribution >= 4 is 0 Å². The van der Waals surface area contributed by atoms with Gasteiger partial charge in [-0.1, -0.05) is 54.6 Å². The molecule has 2 aromatic carbocycles. The lowest BCUT2D eigenvalue weighted by molar-refractivity contribution is 0.246. The molecule has 0 aliphatic heterocycles. The summed E-state index contributed by atoms with van der Waals surface area (Å²) in [6.07, 6.45) is 2.24. The number of nitrogens with zero attached hydrogens (tertiary/aromatic N) is 1. The largest absolute Gasteiger partial charge is 0.323 e. The van der Waals surface area contributed by atoms with Crippen LogP contribution in [0, 0.1) is 0 Å². The van der Waals surface area contributed by atoms with Gasteiger partial charge in [0.05, 0.1) is 6.04 Å². The van der Waals surface area contributed by atoms with E-state index in [2.05, 4.69) is 67.5 Å². The molecule has 0 heterocycles. The van der Waals surface area contributed by atoms with Crippen molar-refractivity contribution in [2.24, 2.45) is 5.73 Å². The van der Waals surface area contributed by atoms with E-state index in [0.717, 1.165) is 12.8 Å². The minimum Gasteiger partial charge on any atom is -0.323 e. The average Bonchev–Trinajstić information content (AvgIpc) is 3.18.